The zero-order chi connectivity index (χ0) is 19.7. The monoisotopic (exact) mass is 417 g/mol. The Hall–Kier alpha value is -1.66. The van der Waals surface area contributed by atoms with Gasteiger partial charge in [-0.1, -0.05) is 43.6 Å². The van der Waals surface area contributed by atoms with Crippen LogP contribution < -0.4 is 0 Å². The quantitative estimate of drug-likeness (QED) is 0.563. The minimum Gasteiger partial charge on any atom is -0.374 e. The number of rotatable bonds is 5. The lowest BCUT2D eigenvalue weighted by atomic mass is 10.1. The summed E-state index contributed by atoms with van der Waals surface area (Å²) in [6.07, 6.45) is 1.82. The summed E-state index contributed by atoms with van der Waals surface area (Å²) >= 11 is 12.6. The molecule has 5 nitrogen and oxygen atoms in total. The largest absolute Gasteiger partial charge is 0.374 e. The van der Waals surface area contributed by atoms with Gasteiger partial charge in [-0.05, 0) is 29.7 Å². The number of hydrogen-bond donors (Lipinski definition) is 0. The molecule has 2 aromatic heterocycles. The number of fused-ring (bicyclic) bond motifs is 1. The van der Waals surface area contributed by atoms with Crippen molar-refractivity contribution in [3.8, 4) is 11.3 Å². The lowest BCUT2D eigenvalue weighted by Crippen LogP contribution is -2.45. The summed E-state index contributed by atoms with van der Waals surface area (Å²) in [5.74, 6) is 1.41. The highest BCUT2D eigenvalue weighted by molar-refractivity contribution is 6.33. The minimum atomic E-state index is 0.0682. The van der Waals surface area contributed by atoms with E-state index in [4.69, 9.17) is 27.9 Å². The van der Waals surface area contributed by atoms with Crippen molar-refractivity contribution < 1.29 is 4.74 Å². The van der Waals surface area contributed by atoms with Crippen molar-refractivity contribution in [2.45, 2.75) is 26.5 Å². The van der Waals surface area contributed by atoms with Crippen LogP contribution in [0.3, 0.4) is 0 Å². The molecule has 1 atom stereocenters. The molecule has 1 saturated heterocycles. The first-order chi connectivity index (χ1) is 13.5. The van der Waals surface area contributed by atoms with Crippen LogP contribution in [-0.4, -0.2) is 51.8 Å². The van der Waals surface area contributed by atoms with Crippen LogP contribution >= 0.6 is 23.2 Å². The SMILES string of the molecule is C[C](C)CN1CCOC(Cn2c(-c3ccccc3Cl)cc3cnc(Cl)nc32)C1. The maximum Gasteiger partial charge on any atom is 0.224 e. The summed E-state index contributed by atoms with van der Waals surface area (Å²) in [6.45, 7) is 8.57. The van der Waals surface area contributed by atoms with E-state index in [2.05, 4.69) is 39.3 Å². The van der Waals surface area contributed by atoms with Crippen molar-refractivity contribution in [2.75, 3.05) is 26.2 Å². The van der Waals surface area contributed by atoms with E-state index in [1.807, 2.05) is 24.3 Å². The summed E-state index contributed by atoms with van der Waals surface area (Å²) in [4.78, 5) is 11.1. The van der Waals surface area contributed by atoms with Crippen LogP contribution in [0.15, 0.2) is 36.5 Å². The fourth-order valence-electron chi connectivity index (χ4n) is 3.78. The number of halogens is 2. The molecule has 1 aliphatic heterocycles. The van der Waals surface area contributed by atoms with E-state index in [1.165, 1.54) is 5.92 Å². The van der Waals surface area contributed by atoms with Crippen LogP contribution in [0.4, 0.5) is 0 Å². The Bertz CT molecular complexity index is 972. The van der Waals surface area contributed by atoms with Gasteiger partial charge in [-0.2, -0.15) is 4.98 Å². The van der Waals surface area contributed by atoms with Crippen LogP contribution in [0.2, 0.25) is 10.3 Å². The van der Waals surface area contributed by atoms with Gasteiger partial charge >= 0.3 is 0 Å². The smallest absolute Gasteiger partial charge is 0.224 e. The standard InChI is InChI=1S/C21H23Cl2N4O/c1-14(2)11-26-7-8-28-16(12-26)13-27-19(17-5-3-4-6-18(17)22)9-15-10-24-21(23)25-20(15)27/h3-6,9-10,16H,7-8,11-13H2,1-2H3. The number of aromatic nitrogens is 3. The fraction of sp³-hybridized carbons (Fsp3) is 0.381. The Kier molecular flexibility index (Phi) is 5.88. The van der Waals surface area contributed by atoms with E-state index >= 15 is 0 Å². The molecule has 0 saturated carbocycles. The van der Waals surface area contributed by atoms with Gasteiger partial charge in [0.25, 0.3) is 0 Å². The predicted octanol–water partition coefficient (Wildman–Crippen LogP) is 4.72. The molecule has 1 fully saturated rings. The molecule has 4 rings (SSSR count). The number of nitrogens with zero attached hydrogens (tertiary/aromatic N) is 4. The molecule has 147 valence electrons. The van der Waals surface area contributed by atoms with E-state index in [0.29, 0.717) is 11.6 Å². The minimum absolute atomic E-state index is 0.0682. The fourth-order valence-corrected chi connectivity index (χ4v) is 4.14. The van der Waals surface area contributed by atoms with Gasteiger partial charge in [0.2, 0.25) is 5.28 Å². The van der Waals surface area contributed by atoms with Crippen molar-refractivity contribution in [3.63, 3.8) is 0 Å². The molecule has 1 aromatic carbocycles. The maximum atomic E-state index is 6.50. The van der Waals surface area contributed by atoms with Gasteiger partial charge in [-0.15, -0.1) is 0 Å². The van der Waals surface area contributed by atoms with E-state index in [9.17, 15) is 0 Å². The molecular formula is C21H23Cl2N4O. The van der Waals surface area contributed by atoms with Gasteiger partial charge in [0, 0.05) is 41.8 Å². The number of ether oxygens (including phenoxy) is 1. The third kappa shape index (κ3) is 4.18. The molecule has 28 heavy (non-hydrogen) atoms. The molecule has 0 aliphatic carbocycles. The Morgan fingerprint density at radius 1 is 1.25 bits per heavy atom. The van der Waals surface area contributed by atoms with Crippen molar-refractivity contribution >= 4 is 34.2 Å². The molecule has 0 N–H and O–H groups in total. The number of benzene rings is 1. The van der Waals surface area contributed by atoms with Gasteiger partial charge in [-0.3, -0.25) is 4.90 Å². The second-order valence-corrected chi connectivity index (χ2v) is 8.22. The van der Waals surface area contributed by atoms with Crippen molar-refractivity contribution in [3.05, 3.63) is 52.8 Å². The van der Waals surface area contributed by atoms with Crippen molar-refractivity contribution in [1.82, 2.24) is 19.4 Å². The molecule has 1 unspecified atom stereocenters. The molecule has 7 heteroatoms. The van der Waals surface area contributed by atoms with Gasteiger partial charge in [-0.25, -0.2) is 4.98 Å². The zero-order valence-corrected chi connectivity index (χ0v) is 17.5. The molecule has 0 bridgehead atoms. The molecule has 1 aliphatic rings. The lowest BCUT2D eigenvalue weighted by molar-refractivity contribution is -0.0337. The second-order valence-electron chi connectivity index (χ2n) is 7.47. The highest BCUT2D eigenvalue weighted by atomic mass is 35.5. The zero-order valence-electron chi connectivity index (χ0n) is 16.0. The van der Waals surface area contributed by atoms with Crippen LogP contribution in [0.25, 0.3) is 22.3 Å². The van der Waals surface area contributed by atoms with Gasteiger partial charge in [0.1, 0.15) is 5.65 Å². The van der Waals surface area contributed by atoms with Crippen LogP contribution in [0.5, 0.6) is 0 Å². The third-order valence-corrected chi connectivity index (χ3v) is 5.42. The first-order valence-electron chi connectivity index (χ1n) is 9.41. The summed E-state index contributed by atoms with van der Waals surface area (Å²) in [5, 5.41) is 1.87. The maximum absolute atomic E-state index is 6.50. The average molecular weight is 418 g/mol. The summed E-state index contributed by atoms with van der Waals surface area (Å²) in [6, 6.07) is 9.90. The lowest BCUT2D eigenvalue weighted by Gasteiger charge is -2.34. The normalized spacial score (nSPS) is 18.2. The number of hydrogen-bond acceptors (Lipinski definition) is 4. The van der Waals surface area contributed by atoms with Crippen molar-refractivity contribution in [2.24, 2.45) is 0 Å². The van der Waals surface area contributed by atoms with E-state index < -0.39 is 0 Å². The summed E-state index contributed by atoms with van der Waals surface area (Å²) < 4.78 is 8.24. The van der Waals surface area contributed by atoms with Gasteiger partial charge in [0.15, 0.2) is 0 Å². The van der Waals surface area contributed by atoms with Gasteiger partial charge < -0.3 is 9.30 Å². The topological polar surface area (TPSA) is 43.2 Å². The third-order valence-electron chi connectivity index (χ3n) is 4.90. The number of morpholine rings is 1. The van der Waals surface area contributed by atoms with Crippen LogP contribution in [-0.2, 0) is 11.3 Å². The molecule has 3 aromatic rings. The summed E-state index contributed by atoms with van der Waals surface area (Å²) in [7, 11) is 0. The van der Waals surface area contributed by atoms with E-state index in [0.717, 1.165) is 48.5 Å². The molecule has 1 radical (unpaired) electrons. The molecule has 0 spiro atoms. The Balaban J connectivity index is 1.71. The Morgan fingerprint density at radius 2 is 2.07 bits per heavy atom. The first-order valence-corrected chi connectivity index (χ1v) is 10.2. The Morgan fingerprint density at radius 3 is 2.86 bits per heavy atom. The molecular weight excluding hydrogens is 395 g/mol. The summed E-state index contributed by atoms with van der Waals surface area (Å²) in [5.41, 5.74) is 2.76. The predicted molar refractivity (Wildman–Crippen MR) is 114 cm³/mol. The Labute approximate surface area is 175 Å². The van der Waals surface area contributed by atoms with E-state index in [1.54, 1.807) is 6.20 Å². The second kappa shape index (κ2) is 8.37. The van der Waals surface area contributed by atoms with Crippen LogP contribution in [0, 0.1) is 5.92 Å². The first kappa shape index (κ1) is 19.6. The molecule has 0 amide bonds. The highest BCUT2D eigenvalue weighted by Gasteiger charge is 2.24. The van der Waals surface area contributed by atoms with Crippen LogP contribution in [0.1, 0.15) is 13.8 Å². The van der Waals surface area contributed by atoms with Crippen molar-refractivity contribution in [1.29, 1.82) is 0 Å². The van der Waals surface area contributed by atoms with E-state index in [-0.39, 0.29) is 11.4 Å². The highest BCUT2D eigenvalue weighted by Crippen LogP contribution is 2.33. The molecule has 3 heterocycles. The average Bonchev–Trinajstić information content (AvgIpc) is 2.99. The van der Waals surface area contributed by atoms with Gasteiger partial charge in [0.05, 0.1) is 24.9 Å².